The molecular formula is C15H16FNO2S. The Kier molecular flexibility index (Phi) is 3.26. The van der Waals surface area contributed by atoms with Crippen molar-refractivity contribution in [2.75, 3.05) is 13.1 Å². The van der Waals surface area contributed by atoms with Crippen LogP contribution in [-0.2, 0) is 0 Å². The summed E-state index contributed by atoms with van der Waals surface area (Å²) in [5, 5.41) is 10.8. The van der Waals surface area contributed by atoms with Crippen LogP contribution in [0.4, 0.5) is 4.39 Å². The van der Waals surface area contributed by atoms with Gasteiger partial charge in [0.15, 0.2) is 0 Å². The zero-order valence-electron chi connectivity index (χ0n) is 11.2. The number of amides is 1. The van der Waals surface area contributed by atoms with Gasteiger partial charge in [-0.1, -0.05) is 0 Å². The van der Waals surface area contributed by atoms with Crippen molar-refractivity contribution < 1.29 is 14.3 Å². The molecule has 0 spiro atoms. The lowest BCUT2D eigenvalue weighted by atomic mass is 9.95. The molecule has 3 nitrogen and oxygen atoms in total. The lowest BCUT2D eigenvalue weighted by Crippen LogP contribution is -2.48. The van der Waals surface area contributed by atoms with E-state index in [0.29, 0.717) is 24.4 Å². The number of carbonyl (C=O) groups is 1. The summed E-state index contributed by atoms with van der Waals surface area (Å²) < 4.78 is 14.1. The number of fused-ring (bicyclic) bond motifs is 1. The summed E-state index contributed by atoms with van der Waals surface area (Å²) in [5.74, 6) is -0.373. The molecule has 1 aliphatic heterocycles. The molecule has 106 valence electrons. The van der Waals surface area contributed by atoms with Crippen LogP contribution in [0.5, 0.6) is 0 Å². The summed E-state index contributed by atoms with van der Waals surface area (Å²) in [6.45, 7) is 2.78. The predicted octanol–water partition coefficient (Wildman–Crippen LogP) is 3.03. The molecule has 1 atom stereocenters. The van der Waals surface area contributed by atoms with Crippen molar-refractivity contribution in [2.24, 2.45) is 0 Å². The molecule has 1 aromatic heterocycles. The van der Waals surface area contributed by atoms with Crippen LogP contribution < -0.4 is 0 Å². The Morgan fingerprint density at radius 2 is 2.25 bits per heavy atom. The monoisotopic (exact) mass is 293 g/mol. The van der Waals surface area contributed by atoms with Gasteiger partial charge >= 0.3 is 0 Å². The molecule has 0 bridgehead atoms. The molecule has 0 aliphatic carbocycles. The van der Waals surface area contributed by atoms with E-state index in [1.807, 2.05) is 0 Å². The molecule has 0 radical (unpaired) electrons. The third-order valence-electron chi connectivity index (χ3n) is 3.65. The maximum absolute atomic E-state index is 13.2. The number of halogens is 1. The molecule has 1 saturated heterocycles. The molecule has 2 aromatic rings. The Morgan fingerprint density at radius 1 is 1.45 bits per heavy atom. The van der Waals surface area contributed by atoms with Gasteiger partial charge in [0.2, 0.25) is 0 Å². The van der Waals surface area contributed by atoms with E-state index in [2.05, 4.69) is 0 Å². The Morgan fingerprint density at radius 3 is 3.00 bits per heavy atom. The minimum atomic E-state index is -0.809. The minimum absolute atomic E-state index is 0.0772. The highest BCUT2D eigenvalue weighted by Gasteiger charge is 2.31. The largest absolute Gasteiger partial charge is 0.388 e. The van der Waals surface area contributed by atoms with Crippen LogP contribution in [0.15, 0.2) is 24.3 Å². The first-order valence-corrected chi connectivity index (χ1v) is 7.47. The van der Waals surface area contributed by atoms with Gasteiger partial charge in [0.05, 0.1) is 10.5 Å². The maximum atomic E-state index is 13.2. The third kappa shape index (κ3) is 2.55. The van der Waals surface area contributed by atoms with E-state index in [1.54, 1.807) is 24.0 Å². The molecule has 1 amide bonds. The molecule has 1 unspecified atom stereocenters. The molecule has 0 saturated carbocycles. The smallest absolute Gasteiger partial charge is 0.264 e. The van der Waals surface area contributed by atoms with E-state index in [0.717, 1.165) is 16.5 Å². The lowest BCUT2D eigenvalue weighted by molar-refractivity contribution is -0.0105. The number of carbonyl (C=O) groups excluding carboxylic acids is 1. The number of β-amino-alcohol motifs (C(OH)–C–C–N with tert-alkyl or cyclic N) is 1. The summed E-state index contributed by atoms with van der Waals surface area (Å²) in [4.78, 5) is 14.8. The third-order valence-corrected chi connectivity index (χ3v) is 4.76. The number of thiophene rings is 1. The molecule has 3 rings (SSSR count). The molecule has 5 heteroatoms. The average molecular weight is 293 g/mol. The van der Waals surface area contributed by atoms with E-state index >= 15 is 0 Å². The first-order chi connectivity index (χ1) is 9.44. The van der Waals surface area contributed by atoms with E-state index in [1.165, 1.54) is 23.5 Å². The molecule has 1 aromatic carbocycles. The first kappa shape index (κ1) is 13.5. The van der Waals surface area contributed by atoms with Crippen LogP contribution in [0, 0.1) is 5.82 Å². The van der Waals surface area contributed by atoms with Crippen LogP contribution >= 0.6 is 11.3 Å². The highest BCUT2D eigenvalue weighted by atomic mass is 32.1. The number of likely N-dealkylation sites (tertiary alicyclic amines) is 1. The van der Waals surface area contributed by atoms with E-state index in [9.17, 15) is 14.3 Å². The van der Waals surface area contributed by atoms with Crippen molar-refractivity contribution >= 4 is 27.3 Å². The van der Waals surface area contributed by atoms with Crippen LogP contribution in [0.2, 0.25) is 0 Å². The van der Waals surface area contributed by atoms with Crippen molar-refractivity contribution in [2.45, 2.75) is 25.4 Å². The Balaban J connectivity index is 1.88. The number of nitrogens with zero attached hydrogens (tertiary/aromatic N) is 1. The standard InChI is InChI=1S/C15H16FNO2S/c1-15(19)5-2-6-17(9-15)14(18)13-8-10-7-11(16)3-4-12(10)20-13/h3-4,7-8,19H,2,5-6,9H2,1H3. The van der Waals surface area contributed by atoms with Gasteiger partial charge < -0.3 is 10.0 Å². The fourth-order valence-electron chi connectivity index (χ4n) is 2.67. The number of piperidine rings is 1. The van der Waals surface area contributed by atoms with Crippen LogP contribution in [-0.4, -0.2) is 34.6 Å². The summed E-state index contributed by atoms with van der Waals surface area (Å²) >= 11 is 1.37. The van der Waals surface area contributed by atoms with Crippen LogP contribution in [0.25, 0.3) is 10.1 Å². The fraction of sp³-hybridized carbons (Fsp3) is 0.400. The van der Waals surface area contributed by atoms with Crippen molar-refractivity contribution in [1.29, 1.82) is 0 Å². The van der Waals surface area contributed by atoms with E-state index in [-0.39, 0.29) is 11.7 Å². The van der Waals surface area contributed by atoms with Crippen molar-refractivity contribution in [3.05, 3.63) is 35.0 Å². The second-order valence-electron chi connectivity index (χ2n) is 5.62. The predicted molar refractivity (Wildman–Crippen MR) is 77.5 cm³/mol. The minimum Gasteiger partial charge on any atom is -0.388 e. The van der Waals surface area contributed by atoms with E-state index in [4.69, 9.17) is 0 Å². The topological polar surface area (TPSA) is 40.5 Å². The van der Waals surface area contributed by atoms with Crippen LogP contribution in [0.1, 0.15) is 29.4 Å². The Bertz CT molecular complexity index is 665. The molecular weight excluding hydrogens is 277 g/mol. The summed E-state index contributed by atoms with van der Waals surface area (Å²) in [5.41, 5.74) is -0.809. The number of rotatable bonds is 1. The lowest BCUT2D eigenvalue weighted by Gasteiger charge is -2.36. The highest BCUT2D eigenvalue weighted by molar-refractivity contribution is 7.20. The van der Waals surface area contributed by atoms with Crippen LogP contribution in [0.3, 0.4) is 0 Å². The molecule has 20 heavy (non-hydrogen) atoms. The summed E-state index contributed by atoms with van der Waals surface area (Å²) in [6.07, 6.45) is 1.52. The summed E-state index contributed by atoms with van der Waals surface area (Å²) in [7, 11) is 0. The molecule has 1 N–H and O–H groups in total. The SMILES string of the molecule is CC1(O)CCCN(C(=O)c2cc3cc(F)ccc3s2)C1. The van der Waals surface area contributed by atoms with Gasteiger partial charge in [0.1, 0.15) is 5.82 Å². The van der Waals surface area contributed by atoms with Crippen molar-refractivity contribution in [1.82, 2.24) is 4.90 Å². The van der Waals surface area contributed by atoms with Crippen molar-refractivity contribution in [3.8, 4) is 0 Å². The zero-order chi connectivity index (χ0) is 14.3. The van der Waals surface area contributed by atoms with Gasteiger partial charge in [-0.25, -0.2) is 4.39 Å². The van der Waals surface area contributed by atoms with Gasteiger partial charge in [-0.2, -0.15) is 0 Å². The van der Waals surface area contributed by atoms with Gasteiger partial charge in [-0.3, -0.25) is 4.79 Å². The molecule has 2 heterocycles. The number of hydrogen-bond acceptors (Lipinski definition) is 3. The molecule has 1 fully saturated rings. The second-order valence-corrected chi connectivity index (χ2v) is 6.70. The highest BCUT2D eigenvalue weighted by Crippen LogP contribution is 2.29. The average Bonchev–Trinajstić information content (AvgIpc) is 2.79. The number of aliphatic hydroxyl groups is 1. The van der Waals surface area contributed by atoms with Gasteiger partial charge in [-0.05, 0) is 49.4 Å². The Hall–Kier alpha value is -1.46. The number of hydrogen-bond donors (Lipinski definition) is 1. The van der Waals surface area contributed by atoms with Gasteiger partial charge in [0.25, 0.3) is 5.91 Å². The number of benzene rings is 1. The van der Waals surface area contributed by atoms with Gasteiger partial charge in [0, 0.05) is 17.8 Å². The quantitative estimate of drug-likeness (QED) is 0.878. The fourth-order valence-corrected chi connectivity index (χ4v) is 3.68. The van der Waals surface area contributed by atoms with Crippen molar-refractivity contribution in [3.63, 3.8) is 0 Å². The zero-order valence-corrected chi connectivity index (χ0v) is 12.0. The summed E-state index contributed by atoms with van der Waals surface area (Å²) in [6, 6.07) is 6.26. The maximum Gasteiger partial charge on any atom is 0.264 e. The second kappa shape index (κ2) is 4.82. The van der Waals surface area contributed by atoms with Gasteiger partial charge in [-0.15, -0.1) is 11.3 Å². The van der Waals surface area contributed by atoms with E-state index < -0.39 is 5.60 Å². The normalized spacial score (nSPS) is 23.2. The Labute approximate surface area is 120 Å². The molecule has 1 aliphatic rings. The first-order valence-electron chi connectivity index (χ1n) is 6.65.